The number of amides is 1. The van der Waals surface area contributed by atoms with E-state index in [1.165, 1.54) is 29.5 Å². The van der Waals surface area contributed by atoms with Crippen molar-refractivity contribution < 1.29 is 9.18 Å². The van der Waals surface area contributed by atoms with Crippen molar-refractivity contribution in [3.05, 3.63) is 71.3 Å². The topological polar surface area (TPSA) is 46.9 Å². The van der Waals surface area contributed by atoms with Crippen molar-refractivity contribution in [2.24, 2.45) is 0 Å². The second-order valence-electron chi connectivity index (χ2n) is 6.08. The van der Waals surface area contributed by atoms with Gasteiger partial charge in [0.15, 0.2) is 0 Å². The van der Waals surface area contributed by atoms with Crippen LogP contribution >= 0.6 is 11.8 Å². The number of halogens is 1. The van der Waals surface area contributed by atoms with Gasteiger partial charge in [-0.3, -0.25) is 4.79 Å². The quantitative estimate of drug-likeness (QED) is 0.665. The van der Waals surface area contributed by atoms with Crippen LogP contribution in [-0.2, 0) is 4.79 Å². The first-order valence-electron chi connectivity index (χ1n) is 8.25. The number of nitrogens with one attached hydrogen (secondary N) is 1. The third kappa shape index (κ3) is 4.14. The van der Waals surface area contributed by atoms with Crippen LogP contribution in [0.15, 0.2) is 53.4 Å². The molecule has 1 amide bonds. The van der Waals surface area contributed by atoms with Crippen LogP contribution in [0.25, 0.3) is 5.69 Å². The molecule has 1 heterocycles. The van der Waals surface area contributed by atoms with Crippen molar-refractivity contribution in [2.75, 3.05) is 11.1 Å². The number of aryl methyl sites for hydroxylation is 2. The van der Waals surface area contributed by atoms with Crippen molar-refractivity contribution in [3.63, 3.8) is 0 Å². The average Bonchev–Trinajstić information content (AvgIpc) is 2.90. The van der Waals surface area contributed by atoms with Crippen LogP contribution in [0, 0.1) is 26.6 Å². The summed E-state index contributed by atoms with van der Waals surface area (Å²) in [6.45, 7) is 5.85. The number of aromatic nitrogens is 2. The second-order valence-corrected chi connectivity index (χ2v) is 7.13. The van der Waals surface area contributed by atoms with Crippen LogP contribution in [0.1, 0.15) is 17.0 Å². The van der Waals surface area contributed by atoms with Crippen LogP contribution in [0.2, 0.25) is 0 Å². The van der Waals surface area contributed by atoms with Gasteiger partial charge in [-0.2, -0.15) is 5.10 Å². The van der Waals surface area contributed by atoms with Crippen molar-refractivity contribution in [1.82, 2.24) is 9.78 Å². The SMILES string of the molecule is Cc1ccc(-n2nc(C)c(NC(=O)CSc3ccc(F)cc3)c2C)cc1. The lowest BCUT2D eigenvalue weighted by molar-refractivity contribution is -0.113. The summed E-state index contributed by atoms with van der Waals surface area (Å²) in [6, 6.07) is 14.2. The number of benzene rings is 2. The Balaban J connectivity index is 1.70. The van der Waals surface area contributed by atoms with Crippen LogP contribution < -0.4 is 5.32 Å². The van der Waals surface area contributed by atoms with Gasteiger partial charge in [0.05, 0.1) is 28.5 Å². The van der Waals surface area contributed by atoms with Gasteiger partial charge in [0.1, 0.15) is 5.82 Å². The van der Waals surface area contributed by atoms with Gasteiger partial charge < -0.3 is 5.32 Å². The minimum atomic E-state index is -0.284. The van der Waals surface area contributed by atoms with Gasteiger partial charge in [-0.1, -0.05) is 17.7 Å². The number of rotatable bonds is 5. The molecule has 3 rings (SSSR count). The standard InChI is InChI=1S/C20H20FN3OS/c1-13-4-8-17(9-5-13)24-15(3)20(14(2)23-24)22-19(25)12-26-18-10-6-16(21)7-11-18/h4-11H,12H2,1-3H3,(H,22,25). The van der Waals surface area contributed by atoms with Crippen LogP contribution in [0.3, 0.4) is 0 Å². The summed E-state index contributed by atoms with van der Waals surface area (Å²) in [4.78, 5) is 13.2. The first-order chi connectivity index (χ1) is 12.4. The number of nitrogens with zero attached hydrogens (tertiary/aromatic N) is 2. The Kier molecular flexibility index (Phi) is 5.42. The zero-order valence-electron chi connectivity index (χ0n) is 14.9. The normalized spacial score (nSPS) is 10.8. The Bertz CT molecular complexity index is 917. The van der Waals surface area contributed by atoms with Gasteiger partial charge in [0.25, 0.3) is 0 Å². The molecular formula is C20H20FN3OS. The van der Waals surface area contributed by atoms with E-state index in [0.717, 1.165) is 27.7 Å². The van der Waals surface area contributed by atoms with Gasteiger partial charge in [0.2, 0.25) is 5.91 Å². The molecule has 0 bridgehead atoms. The van der Waals surface area contributed by atoms with Crippen LogP contribution in [-0.4, -0.2) is 21.4 Å². The fourth-order valence-electron chi connectivity index (χ4n) is 2.62. The average molecular weight is 369 g/mol. The molecule has 0 saturated carbocycles. The molecule has 4 nitrogen and oxygen atoms in total. The molecule has 1 aromatic heterocycles. The van der Waals surface area contributed by atoms with Crippen LogP contribution in [0.5, 0.6) is 0 Å². The molecule has 0 aliphatic rings. The van der Waals surface area contributed by atoms with E-state index < -0.39 is 0 Å². The Morgan fingerprint density at radius 1 is 1.08 bits per heavy atom. The summed E-state index contributed by atoms with van der Waals surface area (Å²) in [7, 11) is 0. The highest BCUT2D eigenvalue weighted by Gasteiger charge is 2.15. The minimum absolute atomic E-state index is 0.117. The maximum Gasteiger partial charge on any atom is 0.234 e. The number of carbonyl (C=O) groups excluding carboxylic acids is 1. The lowest BCUT2D eigenvalue weighted by atomic mass is 10.2. The van der Waals surface area contributed by atoms with E-state index in [9.17, 15) is 9.18 Å². The number of hydrogen-bond acceptors (Lipinski definition) is 3. The van der Waals surface area contributed by atoms with E-state index in [-0.39, 0.29) is 17.5 Å². The van der Waals surface area contributed by atoms with E-state index >= 15 is 0 Å². The largest absolute Gasteiger partial charge is 0.322 e. The minimum Gasteiger partial charge on any atom is -0.322 e. The van der Waals surface area contributed by atoms with Gasteiger partial charge >= 0.3 is 0 Å². The number of anilines is 1. The van der Waals surface area contributed by atoms with E-state index in [4.69, 9.17) is 0 Å². The summed E-state index contributed by atoms with van der Waals surface area (Å²) >= 11 is 1.37. The fraction of sp³-hybridized carbons (Fsp3) is 0.200. The van der Waals surface area contributed by atoms with Crippen molar-refractivity contribution in [1.29, 1.82) is 0 Å². The van der Waals surface area contributed by atoms with E-state index in [2.05, 4.69) is 10.4 Å². The van der Waals surface area contributed by atoms with Crippen molar-refractivity contribution >= 4 is 23.4 Å². The molecule has 3 aromatic rings. The molecule has 0 unspecified atom stereocenters. The molecule has 1 N–H and O–H groups in total. The number of hydrogen-bond donors (Lipinski definition) is 1. The molecule has 134 valence electrons. The van der Waals surface area contributed by atoms with Gasteiger partial charge in [-0.25, -0.2) is 9.07 Å². The van der Waals surface area contributed by atoms with Gasteiger partial charge in [0, 0.05) is 4.90 Å². The molecule has 0 aliphatic carbocycles. The Hall–Kier alpha value is -2.60. The first kappa shape index (κ1) is 18.2. The molecule has 26 heavy (non-hydrogen) atoms. The lowest BCUT2D eigenvalue weighted by Gasteiger charge is -2.07. The molecule has 0 atom stereocenters. The predicted molar refractivity (Wildman–Crippen MR) is 104 cm³/mol. The van der Waals surface area contributed by atoms with E-state index in [1.54, 1.807) is 12.1 Å². The number of carbonyl (C=O) groups is 1. The third-order valence-corrected chi connectivity index (χ3v) is 5.03. The van der Waals surface area contributed by atoms with Gasteiger partial charge in [-0.15, -0.1) is 11.8 Å². The summed E-state index contributed by atoms with van der Waals surface area (Å²) in [6.07, 6.45) is 0. The first-order valence-corrected chi connectivity index (χ1v) is 9.24. The van der Waals surface area contributed by atoms with Crippen molar-refractivity contribution in [2.45, 2.75) is 25.7 Å². The number of thioether (sulfide) groups is 1. The monoisotopic (exact) mass is 369 g/mol. The van der Waals surface area contributed by atoms with E-state index in [1.807, 2.05) is 49.7 Å². The zero-order valence-corrected chi connectivity index (χ0v) is 15.7. The summed E-state index contributed by atoms with van der Waals surface area (Å²) in [5, 5.41) is 7.49. The Labute approximate surface area is 156 Å². The summed E-state index contributed by atoms with van der Waals surface area (Å²) < 4.78 is 14.8. The highest BCUT2D eigenvalue weighted by atomic mass is 32.2. The van der Waals surface area contributed by atoms with Crippen LogP contribution in [0.4, 0.5) is 10.1 Å². The maximum absolute atomic E-state index is 12.9. The van der Waals surface area contributed by atoms with E-state index in [0.29, 0.717) is 0 Å². The maximum atomic E-state index is 12.9. The molecule has 2 aromatic carbocycles. The van der Waals surface area contributed by atoms with Crippen molar-refractivity contribution in [3.8, 4) is 5.69 Å². The molecular weight excluding hydrogens is 349 g/mol. The predicted octanol–water partition coefficient (Wildman–Crippen LogP) is 4.67. The highest BCUT2D eigenvalue weighted by molar-refractivity contribution is 8.00. The summed E-state index contributed by atoms with van der Waals surface area (Å²) in [5.41, 5.74) is 4.52. The fourth-order valence-corrected chi connectivity index (χ4v) is 3.31. The highest BCUT2D eigenvalue weighted by Crippen LogP contribution is 2.24. The lowest BCUT2D eigenvalue weighted by Crippen LogP contribution is -2.15. The second kappa shape index (κ2) is 7.74. The molecule has 0 saturated heterocycles. The molecule has 0 fully saturated rings. The smallest absolute Gasteiger partial charge is 0.234 e. The Morgan fingerprint density at radius 3 is 2.38 bits per heavy atom. The molecule has 6 heteroatoms. The third-order valence-electron chi connectivity index (χ3n) is 4.02. The molecule has 0 aliphatic heterocycles. The molecule has 0 radical (unpaired) electrons. The zero-order chi connectivity index (χ0) is 18.7. The Morgan fingerprint density at radius 2 is 1.73 bits per heavy atom. The summed E-state index contributed by atoms with van der Waals surface area (Å²) in [5.74, 6) is -0.150. The van der Waals surface area contributed by atoms with Gasteiger partial charge in [-0.05, 0) is 57.2 Å². The molecule has 0 spiro atoms.